The van der Waals surface area contributed by atoms with Gasteiger partial charge in [-0.05, 0) is 12.8 Å². The van der Waals surface area contributed by atoms with Crippen molar-refractivity contribution in [2.24, 2.45) is 0 Å². The average Bonchev–Trinajstić information content (AvgIpc) is 2.27. The van der Waals surface area contributed by atoms with Gasteiger partial charge in [-0.25, -0.2) is 9.24 Å². The lowest BCUT2D eigenvalue weighted by Gasteiger charge is -2.19. The lowest BCUT2D eigenvalue weighted by atomic mass is 10.2. The number of hydrogen-bond donors (Lipinski definition) is 4. The lowest BCUT2D eigenvalue weighted by Crippen LogP contribution is -2.20. The molecule has 0 spiro atoms. The zero-order chi connectivity index (χ0) is 11.9. The Labute approximate surface area is 88.9 Å². The maximum Gasteiger partial charge on any atom is 0.402 e. The molecule has 9 heteroatoms. The minimum Gasteiger partial charge on any atom is -0.326 e. The topological polar surface area (TPSA) is 118 Å². The van der Waals surface area contributed by atoms with E-state index in [9.17, 15) is 4.57 Å². The van der Waals surface area contributed by atoms with Crippen molar-refractivity contribution >= 4 is 16.0 Å². The van der Waals surface area contributed by atoms with Gasteiger partial charge in [0.15, 0.2) is 0 Å². The SMILES string of the molecule is O=P(O)(O)N1CCCCCC1.O=[PH](O)O. The molecule has 0 aliphatic carbocycles. The third-order valence-electron chi connectivity index (χ3n) is 1.95. The molecule has 0 aromatic heterocycles. The fraction of sp³-hybridized carbons (Fsp3) is 1.00. The van der Waals surface area contributed by atoms with Crippen LogP contribution in [0.2, 0.25) is 0 Å². The molecule has 0 aromatic carbocycles. The molecular formula is C6H17NO6P2. The first kappa shape index (κ1) is 15.3. The van der Waals surface area contributed by atoms with Crippen LogP contribution in [0.5, 0.6) is 0 Å². The van der Waals surface area contributed by atoms with Crippen molar-refractivity contribution in [2.75, 3.05) is 13.1 Å². The molecule has 1 fully saturated rings. The minimum atomic E-state index is -3.94. The van der Waals surface area contributed by atoms with E-state index in [1.165, 1.54) is 4.67 Å². The first-order valence-electron chi connectivity index (χ1n) is 4.57. The Kier molecular flexibility index (Phi) is 7.65. The second kappa shape index (κ2) is 7.52. The second-order valence-corrected chi connectivity index (χ2v) is 5.32. The normalized spacial score (nSPS) is 19.3. The van der Waals surface area contributed by atoms with Crippen LogP contribution < -0.4 is 0 Å². The molecule has 0 saturated carbocycles. The third-order valence-corrected chi connectivity index (χ3v) is 3.09. The molecule has 0 atom stereocenters. The van der Waals surface area contributed by atoms with Crippen LogP contribution >= 0.6 is 16.0 Å². The highest BCUT2D eigenvalue weighted by molar-refractivity contribution is 7.49. The van der Waals surface area contributed by atoms with E-state index in [-0.39, 0.29) is 0 Å². The van der Waals surface area contributed by atoms with Crippen molar-refractivity contribution in [3.63, 3.8) is 0 Å². The Morgan fingerprint density at radius 3 is 1.60 bits per heavy atom. The van der Waals surface area contributed by atoms with Gasteiger partial charge in [-0.2, -0.15) is 0 Å². The van der Waals surface area contributed by atoms with E-state index in [4.69, 9.17) is 24.1 Å². The fourth-order valence-corrected chi connectivity index (χ4v) is 2.12. The number of rotatable bonds is 1. The molecule has 0 radical (unpaired) electrons. The number of hydrogen-bond acceptors (Lipinski definition) is 2. The van der Waals surface area contributed by atoms with Crippen LogP contribution in [-0.4, -0.2) is 37.3 Å². The van der Waals surface area contributed by atoms with Crippen molar-refractivity contribution in [3.8, 4) is 0 Å². The fourth-order valence-electron chi connectivity index (χ4n) is 1.31. The highest BCUT2D eigenvalue weighted by atomic mass is 31.2. The van der Waals surface area contributed by atoms with Gasteiger partial charge in [0.25, 0.3) is 0 Å². The summed E-state index contributed by atoms with van der Waals surface area (Å²) in [5, 5.41) is 0. The smallest absolute Gasteiger partial charge is 0.326 e. The van der Waals surface area contributed by atoms with Gasteiger partial charge in [0.1, 0.15) is 0 Å². The van der Waals surface area contributed by atoms with Gasteiger partial charge in [0.05, 0.1) is 0 Å². The molecule has 7 nitrogen and oxygen atoms in total. The molecule has 1 aliphatic heterocycles. The summed E-state index contributed by atoms with van der Waals surface area (Å²) in [6.07, 6.45) is 4.00. The molecular weight excluding hydrogens is 244 g/mol. The molecule has 0 unspecified atom stereocenters. The first-order chi connectivity index (χ1) is 6.84. The Morgan fingerprint density at radius 1 is 1.00 bits per heavy atom. The second-order valence-electron chi connectivity index (χ2n) is 3.16. The Morgan fingerprint density at radius 2 is 1.33 bits per heavy atom. The van der Waals surface area contributed by atoms with Crippen molar-refractivity contribution in [3.05, 3.63) is 0 Å². The summed E-state index contributed by atoms with van der Waals surface area (Å²) in [7, 11) is -7.07. The highest BCUT2D eigenvalue weighted by Gasteiger charge is 2.25. The average molecular weight is 261 g/mol. The summed E-state index contributed by atoms with van der Waals surface area (Å²) in [6, 6.07) is 0. The van der Waals surface area contributed by atoms with Gasteiger partial charge in [0, 0.05) is 13.1 Å². The first-order valence-corrected chi connectivity index (χ1v) is 7.43. The van der Waals surface area contributed by atoms with Gasteiger partial charge in [0.2, 0.25) is 0 Å². The van der Waals surface area contributed by atoms with Crippen LogP contribution in [0.4, 0.5) is 0 Å². The largest absolute Gasteiger partial charge is 0.402 e. The third kappa shape index (κ3) is 9.20. The van der Waals surface area contributed by atoms with Crippen molar-refractivity contribution in [1.82, 2.24) is 4.67 Å². The molecule has 1 rings (SSSR count). The van der Waals surface area contributed by atoms with Gasteiger partial charge >= 0.3 is 16.0 Å². The summed E-state index contributed by atoms with van der Waals surface area (Å²) < 4.78 is 20.8. The monoisotopic (exact) mass is 261 g/mol. The summed E-state index contributed by atoms with van der Waals surface area (Å²) in [5.41, 5.74) is 0. The van der Waals surface area contributed by atoms with Crippen LogP contribution in [0.1, 0.15) is 25.7 Å². The maximum atomic E-state index is 10.8. The van der Waals surface area contributed by atoms with E-state index in [2.05, 4.69) is 0 Å². The van der Waals surface area contributed by atoms with Gasteiger partial charge in [-0.3, -0.25) is 4.57 Å². The number of nitrogens with zero attached hydrogens (tertiary/aromatic N) is 1. The van der Waals surface area contributed by atoms with Crippen molar-refractivity contribution in [2.45, 2.75) is 25.7 Å². The summed E-state index contributed by atoms with van der Waals surface area (Å²) >= 11 is 0. The molecule has 0 aromatic rings. The van der Waals surface area contributed by atoms with E-state index >= 15 is 0 Å². The molecule has 0 bridgehead atoms. The Hall–Kier alpha value is 0.260. The Bertz CT molecular complexity index is 230. The molecule has 0 amide bonds. The van der Waals surface area contributed by atoms with Crippen LogP contribution in [0, 0.1) is 0 Å². The van der Waals surface area contributed by atoms with Crippen molar-refractivity contribution in [1.29, 1.82) is 0 Å². The zero-order valence-corrected chi connectivity index (χ0v) is 10.1. The zero-order valence-electron chi connectivity index (χ0n) is 8.24. The van der Waals surface area contributed by atoms with Gasteiger partial charge in [-0.1, -0.05) is 12.8 Å². The highest BCUT2D eigenvalue weighted by Crippen LogP contribution is 2.40. The molecule has 1 aliphatic rings. The van der Waals surface area contributed by atoms with E-state index in [0.29, 0.717) is 13.1 Å². The van der Waals surface area contributed by atoms with Crippen LogP contribution in [-0.2, 0) is 9.13 Å². The summed E-state index contributed by atoms with van der Waals surface area (Å²) in [6.45, 7) is 1.09. The standard InChI is InChI=1S/C6H14NO3P.H3O3P/c8-11(9,10)7-5-3-1-2-4-6-7;1-4(2)3/h1-6H2,(H2,8,9,10);4H,(H2,1,2,3). The molecule has 15 heavy (non-hydrogen) atoms. The van der Waals surface area contributed by atoms with E-state index in [1.807, 2.05) is 0 Å². The van der Waals surface area contributed by atoms with E-state index < -0.39 is 16.0 Å². The van der Waals surface area contributed by atoms with Gasteiger partial charge in [-0.15, -0.1) is 0 Å². The maximum absolute atomic E-state index is 10.8. The van der Waals surface area contributed by atoms with E-state index in [0.717, 1.165) is 25.7 Å². The van der Waals surface area contributed by atoms with Crippen LogP contribution in [0.25, 0.3) is 0 Å². The molecule has 1 heterocycles. The van der Waals surface area contributed by atoms with Crippen LogP contribution in [0.15, 0.2) is 0 Å². The minimum absolute atomic E-state index is 0.546. The predicted octanol–water partition coefficient (Wildman–Crippen LogP) is 0.316. The predicted molar refractivity (Wildman–Crippen MR) is 55.5 cm³/mol. The van der Waals surface area contributed by atoms with Gasteiger partial charge < -0.3 is 19.6 Å². The molecule has 1 saturated heterocycles. The lowest BCUT2D eigenvalue weighted by molar-refractivity contribution is 0.273. The molecule has 92 valence electrons. The quantitative estimate of drug-likeness (QED) is 0.502. The Balaban J connectivity index is 0.000000423. The van der Waals surface area contributed by atoms with Crippen molar-refractivity contribution < 1.29 is 28.7 Å². The van der Waals surface area contributed by atoms with E-state index in [1.54, 1.807) is 0 Å². The molecule has 4 N–H and O–H groups in total. The summed E-state index contributed by atoms with van der Waals surface area (Å²) in [5.74, 6) is 0. The summed E-state index contributed by atoms with van der Waals surface area (Å²) in [4.78, 5) is 31.9. The van der Waals surface area contributed by atoms with Crippen LogP contribution in [0.3, 0.4) is 0 Å².